The van der Waals surface area contributed by atoms with E-state index in [2.05, 4.69) is 26.7 Å². The Bertz CT molecular complexity index is 709. The number of rotatable bonds is 8. The Morgan fingerprint density at radius 3 is 2.83 bits per heavy atom. The number of carbonyl (C=O) groups is 1. The molecule has 0 spiro atoms. The number of benzene rings is 1. The van der Waals surface area contributed by atoms with Gasteiger partial charge in [-0.05, 0) is 25.3 Å². The van der Waals surface area contributed by atoms with Gasteiger partial charge in [-0.25, -0.2) is 0 Å². The highest BCUT2D eigenvalue weighted by Gasteiger charge is 2.30. The molecule has 1 atom stereocenters. The third kappa shape index (κ3) is 4.06. The van der Waals surface area contributed by atoms with Crippen molar-refractivity contribution in [3.63, 3.8) is 0 Å². The van der Waals surface area contributed by atoms with Crippen molar-refractivity contribution >= 4 is 17.7 Å². The van der Waals surface area contributed by atoms with E-state index in [4.69, 9.17) is 0 Å². The molecule has 0 radical (unpaired) electrons. The van der Waals surface area contributed by atoms with Crippen LogP contribution in [0.3, 0.4) is 0 Å². The lowest BCUT2D eigenvalue weighted by Gasteiger charge is -2.14. The molecule has 126 valence electrons. The predicted octanol–water partition coefficient (Wildman–Crippen LogP) is 3.31. The summed E-state index contributed by atoms with van der Waals surface area (Å²) in [5.74, 6) is 1.88. The smallest absolute Gasteiger partial charge is 0.230 e. The molecular formula is C18H22N4OS. The number of amides is 1. The van der Waals surface area contributed by atoms with Crippen LogP contribution in [0.2, 0.25) is 0 Å². The van der Waals surface area contributed by atoms with Crippen LogP contribution in [-0.4, -0.2) is 26.4 Å². The van der Waals surface area contributed by atoms with E-state index in [1.807, 2.05) is 43.3 Å². The highest BCUT2D eigenvalue weighted by atomic mass is 32.2. The van der Waals surface area contributed by atoms with E-state index in [9.17, 15) is 4.79 Å². The molecule has 0 aliphatic heterocycles. The summed E-state index contributed by atoms with van der Waals surface area (Å²) >= 11 is 1.43. The van der Waals surface area contributed by atoms with Gasteiger partial charge in [0.2, 0.25) is 5.91 Å². The highest BCUT2D eigenvalue weighted by molar-refractivity contribution is 7.99. The maximum Gasteiger partial charge on any atom is 0.230 e. The molecule has 1 unspecified atom stereocenters. The van der Waals surface area contributed by atoms with Crippen LogP contribution in [0, 0.1) is 0 Å². The molecule has 2 aromatic rings. The van der Waals surface area contributed by atoms with E-state index in [-0.39, 0.29) is 11.9 Å². The Labute approximate surface area is 146 Å². The van der Waals surface area contributed by atoms with Crippen LogP contribution in [-0.2, 0) is 11.3 Å². The summed E-state index contributed by atoms with van der Waals surface area (Å²) in [6, 6.07) is 9.94. The lowest BCUT2D eigenvalue weighted by molar-refractivity contribution is -0.119. The second kappa shape index (κ2) is 7.66. The standard InChI is InChI=1S/C18H22N4OS/c1-3-11-22-17(15-9-10-15)20-21-18(22)24-12-16(23)19-13(2)14-7-5-4-6-8-14/h3-8,13,15H,1,9-12H2,2H3,(H,19,23). The minimum absolute atomic E-state index is 0.00234. The molecule has 5 nitrogen and oxygen atoms in total. The average molecular weight is 342 g/mol. The van der Waals surface area contributed by atoms with Crippen LogP contribution in [0.4, 0.5) is 0 Å². The molecule has 1 aliphatic rings. The average Bonchev–Trinajstić information content (AvgIpc) is 3.36. The van der Waals surface area contributed by atoms with Crippen LogP contribution >= 0.6 is 11.8 Å². The summed E-state index contributed by atoms with van der Waals surface area (Å²) in [5, 5.41) is 12.4. The van der Waals surface area contributed by atoms with Gasteiger partial charge in [-0.1, -0.05) is 48.2 Å². The zero-order chi connectivity index (χ0) is 16.9. The van der Waals surface area contributed by atoms with Gasteiger partial charge in [-0.15, -0.1) is 16.8 Å². The van der Waals surface area contributed by atoms with Crippen molar-refractivity contribution in [3.8, 4) is 0 Å². The van der Waals surface area contributed by atoms with Crippen LogP contribution in [0.1, 0.15) is 43.1 Å². The van der Waals surface area contributed by atoms with E-state index in [0.717, 1.165) is 16.5 Å². The summed E-state index contributed by atoms with van der Waals surface area (Å²) in [6.45, 7) is 6.47. The van der Waals surface area contributed by atoms with Crippen molar-refractivity contribution in [1.82, 2.24) is 20.1 Å². The van der Waals surface area contributed by atoms with Crippen molar-refractivity contribution in [2.75, 3.05) is 5.75 Å². The molecule has 1 heterocycles. The zero-order valence-electron chi connectivity index (χ0n) is 13.8. The number of hydrogen-bond donors (Lipinski definition) is 1. The van der Waals surface area contributed by atoms with Crippen molar-refractivity contribution in [1.29, 1.82) is 0 Å². The normalized spacial score (nSPS) is 15.0. The van der Waals surface area contributed by atoms with Gasteiger partial charge in [0.1, 0.15) is 5.82 Å². The van der Waals surface area contributed by atoms with Gasteiger partial charge in [-0.2, -0.15) is 0 Å². The van der Waals surface area contributed by atoms with E-state index in [1.165, 1.54) is 24.6 Å². The minimum Gasteiger partial charge on any atom is -0.349 e. The molecule has 24 heavy (non-hydrogen) atoms. The number of allylic oxidation sites excluding steroid dienone is 1. The predicted molar refractivity (Wildman–Crippen MR) is 95.9 cm³/mol. The maximum absolute atomic E-state index is 12.2. The van der Waals surface area contributed by atoms with Gasteiger partial charge in [0.15, 0.2) is 5.16 Å². The summed E-state index contributed by atoms with van der Waals surface area (Å²) in [7, 11) is 0. The number of nitrogens with zero attached hydrogens (tertiary/aromatic N) is 3. The molecule has 1 saturated carbocycles. The lowest BCUT2D eigenvalue weighted by Crippen LogP contribution is -2.28. The van der Waals surface area contributed by atoms with Gasteiger partial charge in [0.25, 0.3) is 0 Å². The number of aromatic nitrogens is 3. The van der Waals surface area contributed by atoms with E-state index in [1.54, 1.807) is 0 Å². The summed E-state index contributed by atoms with van der Waals surface area (Å²) in [5.41, 5.74) is 1.10. The van der Waals surface area contributed by atoms with Crippen LogP contribution < -0.4 is 5.32 Å². The Hall–Kier alpha value is -2.08. The van der Waals surface area contributed by atoms with Gasteiger partial charge >= 0.3 is 0 Å². The fourth-order valence-corrected chi connectivity index (χ4v) is 3.36. The van der Waals surface area contributed by atoms with Crippen LogP contribution in [0.25, 0.3) is 0 Å². The van der Waals surface area contributed by atoms with Crippen molar-refractivity contribution in [2.24, 2.45) is 0 Å². The van der Waals surface area contributed by atoms with Gasteiger partial charge in [0, 0.05) is 12.5 Å². The molecule has 1 aliphatic carbocycles. The number of thioether (sulfide) groups is 1. The largest absolute Gasteiger partial charge is 0.349 e. The molecule has 1 fully saturated rings. The maximum atomic E-state index is 12.2. The summed E-state index contributed by atoms with van der Waals surface area (Å²) in [6.07, 6.45) is 4.20. The Morgan fingerprint density at radius 2 is 2.17 bits per heavy atom. The van der Waals surface area contributed by atoms with Gasteiger partial charge < -0.3 is 9.88 Å². The third-order valence-corrected chi connectivity index (χ3v) is 4.98. The van der Waals surface area contributed by atoms with Crippen molar-refractivity contribution in [3.05, 3.63) is 54.4 Å². The van der Waals surface area contributed by atoms with E-state index in [0.29, 0.717) is 18.2 Å². The summed E-state index contributed by atoms with van der Waals surface area (Å²) < 4.78 is 2.07. The Kier molecular flexibility index (Phi) is 5.35. The first kappa shape index (κ1) is 16.8. The van der Waals surface area contributed by atoms with Crippen molar-refractivity contribution < 1.29 is 4.79 Å². The number of carbonyl (C=O) groups excluding carboxylic acids is 1. The van der Waals surface area contributed by atoms with Crippen LogP contribution in [0.15, 0.2) is 48.1 Å². The van der Waals surface area contributed by atoms with Crippen LogP contribution in [0.5, 0.6) is 0 Å². The SMILES string of the molecule is C=CCn1c(SCC(=O)NC(C)c2ccccc2)nnc1C1CC1. The molecule has 6 heteroatoms. The Balaban J connectivity index is 1.57. The highest BCUT2D eigenvalue weighted by Crippen LogP contribution is 2.40. The van der Waals surface area contributed by atoms with E-state index < -0.39 is 0 Å². The second-order valence-electron chi connectivity index (χ2n) is 6.00. The Morgan fingerprint density at radius 1 is 1.42 bits per heavy atom. The topological polar surface area (TPSA) is 59.8 Å². The summed E-state index contributed by atoms with van der Waals surface area (Å²) in [4.78, 5) is 12.2. The number of hydrogen-bond acceptors (Lipinski definition) is 4. The quantitative estimate of drug-likeness (QED) is 0.591. The number of nitrogens with one attached hydrogen (secondary N) is 1. The lowest BCUT2D eigenvalue weighted by atomic mass is 10.1. The minimum atomic E-state index is -0.00706. The first-order valence-corrected chi connectivity index (χ1v) is 9.18. The molecule has 1 N–H and O–H groups in total. The van der Waals surface area contributed by atoms with Crippen molar-refractivity contribution in [2.45, 2.75) is 43.4 Å². The second-order valence-corrected chi connectivity index (χ2v) is 6.95. The van der Waals surface area contributed by atoms with Gasteiger partial charge in [-0.3, -0.25) is 4.79 Å². The molecule has 1 aromatic heterocycles. The molecule has 0 saturated heterocycles. The fraction of sp³-hybridized carbons (Fsp3) is 0.389. The monoisotopic (exact) mass is 342 g/mol. The molecule has 3 rings (SSSR count). The first-order valence-electron chi connectivity index (χ1n) is 8.20. The molecule has 1 amide bonds. The van der Waals surface area contributed by atoms with E-state index >= 15 is 0 Å². The fourth-order valence-electron chi connectivity index (χ4n) is 2.59. The molecule has 1 aromatic carbocycles. The van der Waals surface area contributed by atoms with Gasteiger partial charge in [0.05, 0.1) is 11.8 Å². The third-order valence-electron chi connectivity index (χ3n) is 4.01. The first-order chi connectivity index (χ1) is 11.7. The molecule has 0 bridgehead atoms. The molecular weight excluding hydrogens is 320 g/mol. The zero-order valence-corrected chi connectivity index (χ0v) is 14.6.